The van der Waals surface area contributed by atoms with Gasteiger partial charge in [0.15, 0.2) is 0 Å². The van der Waals surface area contributed by atoms with Crippen LogP contribution in [-0.2, 0) is 16.6 Å². The molecule has 0 unspecified atom stereocenters. The van der Waals surface area contributed by atoms with Gasteiger partial charge in [0.05, 0.1) is 22.6 Å². The fourth-order valence-electron chi connectivity index (χ4n) is 2.06. The Morgan fingerprint density at radius 2 is 2.04 bits per heavy atom. The van der Waals surface area contributed by atoms with E-state index < -0.39 is 14.9 Å². The van der Waals surface area contributed by atoms with E-state index in [1.54, 1.807) is 12.1 Å². The van der Waals surface area contributed by atoms with Gasteiger partial charge in [-0.25, -0.2) is 13.1 Å². The maximum atomic E-state index is 12.3. The van der Waals surface area contributed by atoms with Crippen LogP contribution in [-0.4, -0.2) is 45.4 Å². The van der Waals surface area contributed by atoms with Crippen LogP contribution in [0, 0.1) is 10.1 Å². The summed E-state index contributed by atoms with van der Waals surface area (Å²) in [6.45, 7) is 0.979. The molecule has 2 N–H and O–H groups in total. The standard InChI is InChI=1S/C15H20N4O5S/c1-18(2)8-7-17-25(22,23)13-5-6-14(15(10-13)19(20)21)16-11-12-4-3-9-24-12/h3-6,9-10,16-17H,7-8,11H2,1-2H3. The molecule has 0 bridgehead atoms. The van der Waals surface area contributed by atoms with Crippen molar-refractivity contribution in [2.45, 2.75) is 11.4 Å². The monoisotopic (exact) mass is 368 g/mol. The number of furan rings is 1. The molecule has 0 aliphatic carbocycles. The molecule has 0 amide bonds. The van der Waals surface area contributed by atoms with Gasteiger partial charge < -0.3 is 14.6 Å². The average molecular weight is 368 g/mol. The summed E-state index contributed by atoms with van der Waals surface area (Å²) < 4.78 is 32.1. The number of benzene rings is 1. The Bertz CT molecular complexity index is 818. The third-order valence-electron chi connectivity index (χ3n) is 3.36. The van der Waals surface area contributed by atoms with Gasteiger partial charge in [0.2, 0.25) is 10.0 Å². The minimum atomic E-state index is -3.81. The van der Waals surface area contributed by atoms with Crippen molar-refractivity contribution in [3.05, 3.63) is 52.5 Å². The molecule has 1 aromatic heterocycles. The van der Waals surface area contributed by atoms with Crippen LogP contribution in [0.4, 0.5) is 11.4 Å². The van der Waals surface area contributed by atoms with E-state index >= 15 is 0 Å². The zero-order valence-electron chi connectivity index (χ0n) is 13.9. The SMILES string of the molecule is CN(C)CCNS(=O)(=O)c1ccc(NCc2ccco2)c([N+](=O)[O-])c1. The number of sulfonamides is 1. The van der Waals surface area contributed by atoms with Crippen LogP contribution in [0.2, 0.25) is 0 Å². The lowest BCUT2D eigenvalue weighted by Gasteiger charge is -2.12. The average Bonchev–Trinajstić information content (AvgIpc) is 3.05. The number of likely N-dealkylation sites (N-methyl/N-ethyl adjacent to an activating group) is 1. The highest BCUT2D eigenvalue weighted by molar-refractivity contribution is 7.89. The van der Waals surface area contributed by atoms with E-state index in [2.05, 4.69) is 10.0 Å². The predicted molar refractivity (Wildman–Crippen MR) is 92.9 cm³/mol. The van der Waals surface area contributed by atoms with E-state index in [-0.39, 0.29) is 29.4 Å². The number of nitro benzene ring substituents is 1. The lowest BCUT2D eigenvalue weighted by molar-refractivity contribution is -0.384. The highest BCUT2D eigenvalue weighted by Gasteiger charge is 2.21. The number of nitrogens with one attached hydrogen (secondary N) is 2. The van der Waals surface area contributed by atoms with Crippen molar-refractivity contribution in [2.75, 3.05) is 32.5 Å². The maximum Gasteiger partial charge on any atom is 0.293 e. The summed E-state index contributed by atoms with van der Waals surface area (Å²) >= 11 is 0. The fraction of sp³-hybridized carbons (Fsp3) is 0.333. The topological polar surface area (TPSA) is 118 Å². The first kappa shape index (κ1) is 18.9. The summed E-state index contributed by atoms with van der Waals surface area (Å²) in [5, 5.41) is 14.2. The number of hydrogen-bond acceptors (Lipinski definition) is 7. The third kappa shape index (κ3) is 5.28. The largest absolute Gasteiger partial charge is 0.467 e. The van der Waals surface area contributed by atoms with E-state index in [4.69, 9.17) is 4.42 Å². The zero-order valence-corrected chi connectivity index (χ0v) is 14.7. The van der Waals surface area contributed by atoms with Crippen LogP contribution in [0.15, 0.2) is 45.9 Å². The third-order valence-corrected chi connectivity index (χ3v) is 4.82. The molecule has 9 nitrogen and oxygen atoms in total. The number of anilines is 1. The minimum absolute atomic E-state index is 0.151. The molecule has 0 atom stereocenters. The van der Waals surface area contributed by atoms with Gasteiger partial charge in [0.1, 0.15) is 11.4 Å². The van der Waals surface area contributed by atoms with E-state index in [0.29, 0.717) is 12.3 Å². The first-order chi connectivity index (χ1) is 11.8. The molecule has 0 fully saturated rings. The van der Waals surface area contributed by atoms with Gasteiger partial charge in [-0.2, -0.15) is 0 Å². The molecular weight excluding hydrogens is 348 g/mol. The second-order valence-electron chi connectivity index (χ2n) is 5.57. The van der Waals surface area contributed by atoms with Gasteiger partial charge in [-0.05, 0) is 38.4 Å². The lowest BCUT2D eigenvalue weighted by Crippen LogP contribution is -2.31. The Hall–Kier alpha value is -2.43. The minimum Gasteiger partial charge on any atom is -0.467 e. The summed E-state index contributed by atoms with van der Waals surface area (Å²) in [5.74, 6) is 0.608. The fourth-order valence-corrected chi connectivity index (χ4v) is 3.10. The molecule has 0 aliphatic rings. The van der Waals surface area contributed by atoms with Gasteiger partial charge >= 0.3 is 0 Å². The number of hydrogen-bond donors (Lipinski definition) is 2. The molecule has 1 aromatic carbocycles. The maximum absolute atomic E-state index is 12.3. The Labute approximate surface area is 145 Å². The number of nitrogens with zero attached hydrogens (tertiary/aromatic N) is 2. The molecule has 10 heteroatoms. The van der Waals surface area contributed by atoms with Gasteiger partial charge in [0, 0.05) is 19.2 Å². The molecule has 25 heavy (non-hydrogen) atoms. The highest BCUT2D eigenvalue weighted by atomic mass is 32.2. The van der Waals surface area contributed by atoms with Crippen molar-refractivity contribution in [3.63, 3.8) is 0 Å². The van der Waals surface area contributed by atoms with Crippen LogP contribution >= 0.6 is 0 Å². The van der Waals surface area contributed by atoms with Crippen LogP contribution in [0.3, 0.4) is 0 Å². The Kier molecular flexibility index (Phi) is 6.12. The summed E-state index contributed by atoms with van der Waals surface area (Å²) in [6.07, 6.45) is 1.50. The molecule has 0 saturated carbocycles. The first-order valence-corrected chi connectivity index (χ1v) is 8.97. The molecule has 1 heterocycles. The smallest absolute Gasteiger partial charge is 0.293 e. The highest BCUT2D eigenvalue weighted by Crippen LogP contribution is 2.28. The zero-order chi connectivity index (χ0) is 18.4. The second-order valence-corrected chi connectivity index (χ2v) is 7.34. The van der Waals surface area contributed by atoms with Gasteiger partial charge in [-0.1, -0.05) is 0 Å². The van der Waals surface area contributed by atoms with E-state index in [1.165, 1.54) is 18.4 Å². The lowest BCUT2D eigenvalue weighted by atomic mass is 10.2. The van der Waals surface area contributed by atoms with Crippen LogP contribution in [0.5, 0.6) is 0 Å². The Balaban J connectivity index is 2.18. The van der Waals surface area contributed by atoms with Crippen molar-refractivity contribution < 1.29 is 17.8 Å². The second kappa shape index (κ2) is 8.10. The number of nitro groups is 1. The van der Waals surface area contributed by atoms with Crippen molar-refractivity contribution >= 4 is 21.4 Å². The van der Waals surface area contributed by atoms with Crippen molar-refractivity contribution in [3.8, 4) is 0 Å². The normalized spacial score (nSPS) is 11.6. The van der Waals surface area contributed by atoms with Crippen molar-refractivity contribution in [2.24, 2.45) is 0 Å². The Morgan fingerprint density at radius 3 is 2.64 bits per heavy atom. The van der Waals surface area contributed by atoms with Gasteiger partial charge in [-0.15, -0.1) is 0 Å². The molecule has 2 rings (SSSR count). The molecule has 0 saturated heterocycles. The number of rotatable bonds is 9. The van der Waals surface area contributed by atoms with Gasteiger partial charge in [0.25, 0.3) is 5.69 Å². The van der Waals surface area contributed by atoms with E-state index in [0.717, 1.165) is 6.07 Å². The van der Waals surface area contributed by atoms with Crippen LogP contribution in [0.1, 0.15) is 5.76 Å². The van der Waals surface area contributed by atoms with E-state index in [9.17, 15) is 18.5 Å². The van der Waals surface area contributed by atoms with Crippen LogP contribution < -0.4 is 10.0 Å². The summed E-state index contributed by atoms with van der Waals surface area (Å²) in [5.41, 5.74) is -0.101. The molecule has 0 spiro atoms. The summed E-state index contributed by atoms with van der Waals surface area (Å²) in [6, 6.07) is 7.19. The van der Waals surface area contributed by atoms with Crippen molar-refractivity contribution in [1.29, 1.82) is 0 Å². The summed E-state index contributed by atoms with van der Waals surface area (Å²) in [4.78, 5) is 12.3. The van der Waals surface area contributed by atoms with Gasteiger partial charge in [-0.3, -0.25) is 10.1 Å². The Morgan fingerprint density at radius 1 is 1.28 bits per heavy atom. The van der Waals surface area contributed by atoms with Crippen molar-refractivity contribution in [1.82, 2.24) is 9.62 Å². The first-order valence-electron chi connectivity index (χ1n) is 7.48. The molecule has 136 valence electrons. The molecule has 0 aliphatic heterocycles. The summed E-state index contributed by atoms with van der Waals surface area (Å²) in [7, 11) is -0.178. The predicted octanol–water partition coefficient (Wildman–Crippen LogP) is 1.64. The molecule has 0 radical (unpaired) electrons. The van der Waals surface area contributed by atoms with E-state index in [1.807, 2.05) is 19.0 Å². The molecular formula is C15H20N4O5S. The molecule has 2 aromatic rings. The quantitative estimate of drug-likeness (QED) is 0.510. The van der Waals surface area contributed by atoms with Crippen LogP contribution in [0.25, 0.3) is 0 Å².